The Labute approximate surface area is 137 Å². The Kier molecular flexibility index (Phi) is 4.57. The molecule has 1 aromatic carbocycles. The number of benzene rings is 1. The van der Waals surface area contributed by atoms with Gasteiger partial charge in [0.1, 0.15) is 0 Å². The molecular weight excluding hydrogens is 323 g/mol. The van der Waals surface area contributed by atoms with E-state index in [0.717, 1.165) is 37.1 Å². The molecule has 132 valence electrons. The lowest BCUT2D eigenvalue weighted by Gasteiger charge is -2.39. The molecular formula is C17H20F3NO3. The van der Waals surface area contributed by atoms with Gasteiger partial charge in [0.15, 0.2) is 6.10 Å². The van der Waals surface area contributed by atoms with Gasteiger partial charge in [0, 0.05) is 18.7 Å². The number of alkyl halides is 3. The van der Waals surface area contributed by atoms with E-state index >= 15 is 0 Å². The van der Waals surface area contributed by atoms with Gasteiger partial charge in [-0.05, 0) is 49.3 Å². The zero-order valence-electron chi connectivity index (χ0n) is 13.0. The molecule has 7 heteroatoms. The molecule has 1 amide bonds. The molecule has 24 heavy (non-hydrogen) atoms. The molecule has 0 saturated carbocycles. The number of rotatable bonds is 3. The average Bonchev–Trinajstić information content (AvgIpc) is 2.82. The first-order valence-corrected chi connectivity index (χ1v) is 8.09. The number of nitrogens with zero attached hydrogens (tertiary/aromatic N) is 1. The number of fused-ring (bicyclic) bond motifs is 2. The minimum Gasteiger partial charge on any atom is -0.396 e. The van der Waals surface area contributed by atoms with Crippen molar-refractivity contribution in [2.24, 2.45) is 5.92 Å². The summed E-state index contributed by atoms with van der Waals surface area (Å²) in [6, 6.07) is 4.04. The maximum Gasteiger partial charge on any atom is 0.416 e. The summed E-state index contributed by atoms with van der Waals surface area (Å²) < 4.78 is 37.8. The average molecular weight is 343 g/mol. The lowest BCUT2D eigenvalue weighted by Crippen LogP contribution is -2.48. The Morgan fingerprint density at radius 3 is 2.17 bits per heavy atom. The molecule has 0 radical (unpaired) electrons. The van der Waals surface area contributed by atoms with Crippen LogP contribution in [0.3, 0.4) is 0 Å². The van der Waals surface area contributed by atoms with Gasteiger partial charge in [-0.15, -0.1) is 0 Å². The van der Waals surface area contributed by atoms with Crippen LogP contribution in [0.2, 0.25) is 0 Å². The van der Waals surface area contributed by atoms with Gasteiger partial charge < -0.3 is 15.1 Å². The first-order valence-electron chi connectivity index (χ1n) is 8.09. The second-order valence-electron chi connectivity index (χ2n) is 6.67. The number of aliphatic hydroxyl groups is 2. The van der Waals surface area contributed by atoms with Crippen LogP contribution in [0.1, 0.15) is 42.9 Å². The van der Waals surface area contributed by atoms with Crippen LogP contribution in [0.5, 0.6) is 0 Å². The number of amides is 1. The Hall–Kier alpha value is -1.60. The number of piperidine rings is 1. The van der Waals surface area contributed by atoms with Crippen LogP contribution in [-0.4, -0.2) is 39.7 Å². The first-order chi connectivity index (χ1) is 11.3. The fourth-order valence-corrected chi connectivity index (χ4v) is 3.94. The smallest absolute Gasteiger partial charge is 0.396 e. The molecule has 3 rings (SSSR count). The highest BCUT2D eigenvalue weighted by molar-refractivity contribution is 5.83. The van der Waals surface area contributed by atoms with Gasteiger partial charge in [-0.2, -0.15) is 13.2 Å². The summed E-state index contributed by atoms with van der Waals surface area (Å²) in [5.74, 6) is -0.284. The van der Waals surface area contributed by atoms with Crippen LogP contribution >= 0.6 is 0 Å². The molecule has 4 nitrogen and oxygen atoms in total. The van der Waals surface area contributed by atoms with Gasteiger partial charge in [-0.3, -0.25) is 4.79 Å². The van der Waals surface area contributed by atoms with Crippen molar-refractivity contribution in [3.63, 3.8) is 0 Å². The van der Waals surface area contributed by atoms with Crippen molar-refractivity contribution in [3.05, 3.63) is 35.4 Å². The largest absolute Gasteiger partial charge is 0.416 e. The highest BCUT2D eigenvalue weighted by atomic mass is 19.4. The fraction of sp³-hybridized carbons (Fsp3) is 0.588. The minimum absolute atomic E-state index is 0.00232. The number of carbonyl (C=O) groups is 1. The molecule has 1 aromatic rings. The summed E-state index contributed by atoms with van der Waals surface area (Å²) >= 11 is 0. The number of carbonyl (C=O) groups excluding carboxylic acids is 1. The van der Waals surface area contributed by atoms with E-state index in [9.17, 15) is 28.2 Å². The number of aliphatic hydroxyl groups excluding tert-OH is 2. The number of halogens is 3. The summed E-state index contributed by atoms with van der Waals surface area (Å²) in [6.07, 6.45) is -2.81. The zero-order chi connectivity index (χ0) is 17.5. The lowest BCUT2D eigenvalue weighted by atomic mass is 9.90. The normalized spacial score (nSPS) is 28.0. The molecule has 2 heterocycles. The maximum absolute atomic E-state index is 12.6. The van der Waals surface area contributed by atoms with Crippen molar-refractivity contribution in [1.82, 2.24) is 4.90 Å². The molecule has 2 aliphatic heterocycles. The molecule has 2 bridgehead atoms. The van der Waals surface area contributed by atoms with Crippen LogP contribution in [0.25, 0.3) is 0 Å². The molecule has 0 aliphatic carbocycles. The molecule has 0 aromatic heterocycles. The van der Waals surface area contributed by atoms with E-state index in [-0.39, 0.29) is 30.2 Å². The van der Waals surface area contributed by atoms with E-state index in [1.165, 1.54) is 0 Å². The van der Waals surface area contributed by atoms with E-state index in [1.54, 1.807) is 4.90 Å². The third-order valence-corrected chi connectivity index (χ3v) is 5.13. The van der Waals surface area contributed by atoms with Crippen molar-refractivity contribution in [1.29, 1.82) is 0 Å². The highest BCUT2D eigenvalue weighted by Crippen LogP contribution is 2.40. The minimum atomic E-state index is -4.45. The number of hydrogen-bond acceptors (Lipinski definition) is 3. The lowest BCUT2D eigenvalue weighted by molar-refractivity contribution is -0.146. The summed E-state index contributed by atoms with van der Waals surface area (Å²) in [6.45, 7) is 0.0937. The van der Waals surface area contributed by atoms with Gasteiger partial charge in [0.25, 0.3) is 5.91 Å². The Morgan fingerprint density at radius 2 is 1.71 bits per heavy atom. The van der Waals surface area contributed by atoms with Crippen molar-refractivity contribution in [2.75, 3.05) is 6.61 Å². The monoisotopic (exact) mass is 343 g/mol. The molecule has 2 fully saturated rings. The highest BCUT2D eigenvalue weighted by Gasteiger charge is 2.44. The van der Waals surface area contributed by atoms with E-state index in [4.69, 9.17) is 0 Å². The second-order valence-corrected chi connectivity index (χ2v) is 6.67. The fourth-order valence-electron chi connectivity index (χ4n) is 3.94. The summed E-state index contributed by atoms with van der Waals surface area (Å²) in [5, 5.41) is 19.6. The predicted molar refractivity (Wildman–Crippen MR) is 79.9 cm³/mol. The SMILES string of the molecule is O=C(C(O)c1ccc(C(F)(F)F)cc1)N1[C@@H]2CC[C@H]1CC(CO)C2. The van der Waals surface area contributed by atoms with Crippen molar-refractivity contribution >= 4 is 5.91 Å². The van der Waals surface area contributed by atoms with Crippen LogP contribution in [-0.2, 0) is 11.0 Å². The Balaban J connectivity index is 1.73. The quantitative estimate of drug-likeness (QED) is 0.886. The molecule has 2 aliphatic rings. The molecule has 4 atom stereocenters. The Morgan fingerprint density at radius 1 is 1.17 bits per heavy atom. The van der Waals surface area contributed by atoms with Gasteiger partial charge in [0.05, 0.1) is 5.56 Å². The second kappa shape index (κ2) is 6.37. The summed E-state index contributed by atoms with van der Waals surface area (Å²) in [7, 11) is 0. The zero-order valence-corrected chi connectivity index (χ0v) is 13.0. The molecule has 2 N–H and O–H groups in total. The van der Waals surface area contributed by atoms with E-state index in [1.807, 2.05) is 0 Å². The van der Waals surface area contributed by atoms with Crippen LogP contribution in [0.4, 0.5) is 13.2 Å². The van der Waals surface area contributed by atoms with Crippen LogP contribution in [0.15, 0.2) is 24.3 Å². The van der Waals surface area contributed by atoms with E-state index in [2.05, 4.69) is 0 Å². The van der Waals surface area contributed by atoms with Crippen LogP contribution < -0.4 is 0 Å². The predicted octanol–water partition coefficient (Wildman–Crippen LogP) is 2.50. The first kappa shape index (κ1) is 17.2. The molecule has 0 spiro atoms. The van der Waals surface area contributed by atoms with Gasteiger partial charge in [-0.25, -0.2) is 0 Å². The van der Waals surface area contributed by atoms with Crippen molar-refractivity contribution < 1.29 is 28.2 Å². The van der Waals surface area contributed by atoms with Crippen molar-refractivity contribution in [3.8, 4) is 0 Å². The van der Waals surface area contributed by atoms with Gasteiger partial charge in [-0.1, -0.05) is 12.1 Å². The Bertz CT molecular complexity index is 588. The molecule has 2 saturated heterocycles. The van der Waals surface area contributed by atoms with Gasteiger partial charge in [0.2, 0.25) is 0 Å². The van der Waals surface area contributed by atoms with Gasteiger partial charge >= 0.3 is 6.18 Å². The van der Waals surface area contributed by atoms with E-state index in [0.29, 0.717) is 12.8 Å². The summed E-state index contributed by atoms with van der Waals surface area (Å²) in [5.41, 5.74) is -0.647. The topological polar surface area (TPSA) is 60.8 Å². The third kappa shape index (κ3) is 3.15. The standard InChI is InChI=1S/C17H20F3NO3/c18-17(19,20)12-3-1-11(2-4-12)15(23)16(24)21-13-5-6-14(21)8-10(7-13)9-22/h1-4,10,13-15,22-23H,5-9H2/t10?,13-,14+,15?. The van der Waals surface area contributed by atoms with E-state index < -0.39 is 23.8 Å². The van der Waals surface area contributed by atoms with Crippen molar-refractivity contribution in [2.45, 2.75) is 50.0 Å². The van der Waals surface area contributed by atoms with Crippen LogP contribution in [0, 0.1) is 5.92 Å². The number of hydrogen-bond donors (Lipinski definition) is 2. The third-order valence-electron chi connectivity index (χ3n) is 5.13. The maximum atomic E-state index is 12.6. The summed E-state index contributed by atoms with van der Waals surface area (Å²) in [4.78, 5) is 14.3. The molecule has 2 unspecified atom stereocenters.